The minimum atomic E-state index is -0.697. The Morgan fingerprint density at radius 3 is 2.58 bits per heavy atom. The van der Waals surface area contributed by atoms with Gasteiger partial charge in [0.05, 0.1) is 16.8 Å². The number of urea groups is 1. The maximum atomic E-state index is 14.5. The number of carbonyl (C=O) groups excluding carboxylic acids is 2. The van der Waals surface area contributed by atoms with Crippen molar-refractivity contribution in [1.29, 1.82) is 0 Å². The van der Waals surface area contributed by atoms with Crippen molar-refractivity contribution in [2.45, 2.75) is 18.9 Å². The number of amides is 3. The van der Waals surface area contributed by atoms with E-state index in [-0.39, 0.29) is 29.1 Å². The van der Waals surface area contributed by atoms with Gasteiger partial charge in [0.1, 0.15) is 28.8 Å². The fourth-order valence-electron chi connectivity index (χ4n) is 2.85. The molecule has 1 heterocycles. The third-order valence-corrected chi connectivity index (χ3v) is 4.93. The second-order valence-corrected chi connectivity index (χ2v) is 7.65. The maximum Gasteiger partial charge on any atom is 0.323 e. The highest BCUT2D eigenvalue weighted by Crippen LogP contribution is 2.34. The number of hydrogen-bond acceptors (Lipinski definition) is 5. The van der Waals surface area contributed by atoms with Crippen molar-refractivity contribution in [3.05, 3.63) is 71.3 Å². The molecule has 0 aliphatic heterocycles. The summed E-state index contributed by atoms with van der Waals surface area (Å²) in [4.78, 5) is 28.0. The van der Waals surface area contributed by atoms with E-state index in [9.17, 15) is 14.0 Å². The van der Waals surface area contributed by atoms with Gasteiger partial charge in [-0.2, -0.15) is 0 Å². The van der Waals surface area contributed by atoms with Crippen LogP contribution in [-0.4, -0.2) is 30.1 Å². The number of halogens is 2. The van der Waals surface area contributed by atoms with E-state index in [1.165, 1.54) is 37.5 Å². The first kappa shape index (κ1) is 22.3. The molecule has 4 rings (SSSR count). The van der Waals surface area contributed by atoms with Crippen LogP contribution in [0.1, 0.15) is 23.3 Å². The van der Waals surface area contributed by atoms with Crippen LogP contribution in [0, 0.1) is 5.82 Å². The molecular formula is C23H20ClFN4O4. The summed E-state index contributed by atoms with van der Waals surface area (Å²) in [5.74, 6) is -0.0815. The van der Waals surface area contributed by atoms with Gasteiger partial charge in [-0.25, -0.2) is 9.18 Å². The molecule has 8 nitrogen and oxygen atoms in total. The number of pyridine rings is 1. The van der Waals surface area contributed by atoms with Gasteiger partial charge < -0.3 is 25.4 Å². The molecule has 0 bridgehead atoms. The van der Waals surface area contributed by atoms with Crippen molar-refractivity contribution in [2.75, 3.05) is 17.7 Å². The maximum absolute atomic E-state index is 14.5. The van der Waals surface area contributed by atoms with Gasteiger partial charge in [0, 0.05) is 37.1 Å². The van der Waals surface area contributed by atoms with Crippen LogP contribution in [0.4, 0.5) is 20.6 Å². The molecule has 0 unspecified atom stereocenters. The van der Waals surface area contributed by atoms with Crippen LogP contribution in [-0.2, 0) is 0 Å². The minimum absolute atomic E-state index is 0.0379. The van der Waals surface area contributed by atoms with Gasteiger partial charge in [-0.05, 0) is 43.2 Å². The Morgan fingerprint density at radius 1 is 1.06 bits per heavy atom. The van der Waals surface area contributed by atoms with Crippen molar-refractivity contribution >= 4 is 34.9 Å². The highest BCUT2D eigenvalue weighted by molar-refractivity contribution is 6.32. The molecule has 1 saturated carbocycles. The first-order valence-electron chi connectivity index (χ1n) is 10.1. The molecule has 3 amide bonds. The Bertz CT molecular complexity index is 1200. The van der Waals surface area contributed by atoms with Crippen molar-refractivity contribution < 1.29 is 23.5 Å². The topological polar surface area (TPSA) is 102 Å². The SMILES string of the molecule is CNC(=O)c1cc(Oc2ccc(NC(=O)Nc3ccc(Cl)c(OC4CC4)c3)c(F)c2)ccn1. The van der Waals surface area contributed by atoms with E-state index in [1.54, 1.807) is 18.2 Å². The van der Waals surface area contributed by atoms with Crippen LogP contribution in [0.3, 0.4) is 0 Å². The number of nitrogens with one attached hydrogen (secondary N) is 3. The van der Waals surface area contributed by atoms with Gasteiger partial charge in [-0.1, -0.05) is 11.6 Å². The third kappa shape index (κ3) is 5.89. The quantitative estimate of drug-likeness (QED) is 0.440. The number of anilines is 2. The lowest BCUT2D eigenvalue weighted by Crippen LogP contribution is -2.20. The second kappa shape index (κ2) is 9.74. The molecule has 1 aromatic heterocycles. The number of hydrogen-bond donors (Lipinski definition) is 3. The first-order chi connectivity index (χ1) is 15.9. The van der Waals surface area contributed by atoms with Gasteiger partial charge in [-0.3, -0.25) is 9.78 Å². The predicted molar refractivity (Wildman–Crippen MR) is 122 cm³/mol. The van der Waals surface area contributed by atoms with Crippen LogP contribution in [0.25, 0.3) is 0 Å². The monoisotopic (exact) mass is 470 g/mol. The Labute approximate surface area is 194 Å². The fourth-order valence-corrected chi connectivity index (χ4v) is 3.01. The summed E-state index contributed by atoms with van der Waals surface area (Å²) in [5, 5.41) is 7.99. The normalized spacial score (nSPS) is 12.6. The predicted octanol–water partition coefficient (Wildman–Crippen LogP) is 5.21. The summed E-state index contributed by atoms with van der Waals surface area (Å²) in [6, 6.07) is 11.2. The van der Waals surface area contributed by atoms with E-state index in [0.717, 1.165) is 18.9 Å². The van der Waals surface area contributed by atoms with Gasteiger partial charge in [0.25, 0.3) is 5.91 Å². The number of ether oxygens (including phenoxy) is 2. The largest absolute Gasteiger partial charge is 0.489 e. The summed E-state index contributed by atoms with van der Waals surface area (Å²) in [5.41, 5.74) is 0.583. The zero-order valence-corrected chi connectivity index (χ0v) is 18.3. The highest BCUT2D eigenvalue weighted by Gasteiger charge is 2.24. The molecule has 0 radical (unpaired) electrons. The van der Waals surface area contributed by atoms with Crippen LogP contribution in [0.15, 0.2) is 54.7 Å². The standard InChI is InChI=1S/C23H20ClFN4O4/c1-26-22(30)20-12-16(8-9-27-20)32-15-5-7-19(18(25)11-15)29-23(31)28-13-2-6-17(24)21(10-13)33-14-3-4-14/h2,5-12,14H,3-4H2,1H3,(H,26,30)(H2,28,29,31). The molecule has 2 aromatic carbocycles. The number of nitrogens with zero attached hydrogens (tertiary/aromatic N) is 1. The van der Waals surface area contributed by atoms with E-state index in [2.05, 4.69) is 20.9 Å². The van der Waals surface area contributed by atoms with E-state index >= 15 is 0 Å². The Morgan fingerprint density at radius 2 is 1.85 bits per heavy atom. The summed E-state index contributed by atoms with van der Waals surface area (Å²) in [6.07, 6.45) is 3.52. The smallest absolute Gasteiger partial charge is 0.323 e. The fraction of sp³-hybridized carbons (Fsp3) is 0.174. The molecule has 33 heavy (non-hydrogen) atoms. The zero-order chi connectivity index (χ0) is 23.4. The lowest BCUT2D eigenvalue weighted by Gasteiger charge is -2.12. The van der Waals surface area contributed by atoms with Gasteiger partial charge in [0.2, 0.25) is 0 Å². The Kier molecular flexibility index (Phi) is 6.60. The lowest BCUT2D eigenvalue weighted by atomic mass is 10.2. The van der Waals surface area contributed by atoms with Crippen molar-refractivity contribution in [1.82, 2.24) is 10.3 Å². The van der Waals surface area contributed by atoms with Crippen LogP contribution >= 0.6 is 11.6 Å². The molecule has 10 heteroatoms. The van der Waals surface area contributed by atoms with Gasteiger partial charge in [-0.15, -0.1) is 0 Å². The molecule has 3 N–H and O–H groups in total. The van der Waals surface area contributed by atoms with Gasteiger partial charge in [0.15, 0.2) is 0 Å². The third-order valence-electron chi connectivity index (χ3n) is 4.62. The lowest BCUT2D eigenvalue weighted by molar-refractivity contribution is 0.0957. The average molecular weight is 471 g/mol. The molecular weight excluding hydrogens is 451 g/mol. The number of benzene rings is 2. The second-order valence-electron chi connectivity index (χ2n) is 7.24. The molecule has 0 atom stereocenters. The molecule has 1 aliphatic carbocycles. The number of aromatic nitrogens is 1. The Balaban J connectivity index is 1.39. The van der Waals surface area contributed by atoms with Crippen molar-refractivity contribution in [2.24, 2.45) is 0 Å². The minimum Gasteiger partial charge on any atom is -0.489 e. The summed E-state index contributed by atoms with van der Waals surface area (Å²) < 4.78 is 25.8. The van der Waals surface area contributed by atoms with Crippen LogP contribution < -0.4 is 25.4 Å². The van der Waals surface area contributed by atoms with Crippen molar-refractivity contribution in [3.8, 4) is 17.2 Å². The first-order valence-corrected chi connectivity index (χ1v) is 10.5. The molecule has 170 valence electrons. The zero-order valence-electron chi connectivity index (χ0n) is 17.5. The van der Waals surface area contributed by atoms with E-state index in [0.29, 0.717) is 22.2 Å². The molecule has 3 aromatic rings. The van der Waals surface area contributed by atoms with E-state index < -0.39 is 11.8 Å². The van der Waals surface area contributed by atoms with E-state index in [4.69, 9.17) is 21.1 Å². The van der Waals surface area contributed by atoms with Crippen LogP contribution in [0.5, 0.6) is 17.2 Å². The molecule has 1 aliphatic rings. The average Bonchev–Trinajstić information content (AvgIpc) is 3.62. The van der Waals surface area contributed by atoms with Crippen LogP contribution in [0.2, 0.25) is 5.02 Å². The number of carbonyl (C=O) groups is 2. The molecule has 0 saturated heterocycles. The summed E-state index contributed by atoms with van der Waals surface area (Å²) in [6.45, 7) is 0. The van der Waals surface area contributed by atoms with E-state index in [1.807, 2.05) is 0 Å². The highest BCUT2D eigenvalue weighted by atomic mass is 35.5. The van der Waals surface area contributed by atoms with Gasteiger partial charge >= 0.3 is 6.03 Å². The Hall–Kier alpha value is -3.85. The summed E-state index contributed by atoms with van der Waals surface area (Å²) in [7, 11) is 1.49. The summed E-state index contributed by atoms with van der Waals surface area (Å²) >= 11 is 6.12. The number of rotatable bonds is 7. The molecule has 0 spiro atoms. The van der Waals surface area contributed by atoms with Crippen molar-refractivity contribution in [3.63, 3.8) is 0 Å². The molecule has 1 fully saturated rings.